The highest BCUT2D eigenvalue weighted by Gasteiger charge is 2.17. The maximum Gasteiger partial charge on any atom is 0.224 e. The number of nitrogens with zero attached hydrogens (tertiary/aromatic N) is 1. The highest BCUT2D eigenvalue weighted by molar-refractivity contribution is 5.92. The number of carbonyl (C=O) groups is 1. The van der Waals surface area contributed by atoms with Gasteiger partial charge in [0, 0.05) is 6.42 Å². The number of hydrogen-bond acceptors (Lipinski definition) is 2. The van der Waals surface area contributed by atoms with Gasteiger partial charge in [0.2, 0.25) is 5.91 Å². The molecule has 1 fully saturated rings. The first-order chi connectivity index (χ1) is 9.70. The zero-order valence-corrected chi connectivity index (χ0v) is 11.5. The largest absolute Gasteiger partial charge is 0.325 e. The Morgan fingerprint density at radius 2 is 2.00 bits per heavy atom. The molecule has 1 aliphatic rings. The van der Waals surface area contributed by atoms with Gasteiger partial charge in [0.1, 0.15) is 17.4 Å². The van der Waals surface area contributed by atoms with E-state index in [1.165, 1.54) is 37.8 Å². The predicted molar refractivity (Wildman–Crippen MR) is 75.6 cm³/mol. The number of halogens is 1. The first-order valence-electron chi connectivity index (χ1n) is 7.19. The maximum atomic E-state index is 13.4. The van der Waals surface area contributed by atoms with E-state index in [-0.39, 0.29) is 17.2 Å². The van der Waals surface area contributed by atoms with Crippen LogP contribution in [-0.4, -0.2) is 5.91 Å². The van der Waals surface area contributed by atoms with Gasteiger partial charge in [0.25, 0.3) is 0 Å². The third kappa shape index (κ3) is 3.80. The Morgan fingerprint density at radius 1 is 1.30 bits per heavy atom. The minimum atomic E-state index is -0.597. The molecular formula is C16H19FN2O. The third-order valence-electron chi connectivity index (χ3n) is 3.85. The molecule has 0 heterocycles. The van der Waals surface area contributed by atoms with Gasteiger partial charge in [0.05, 0.1) is 5.69 Å². The van der Waals surface area contributed by atoms with Crippen LogP contribution < -0.4 is 5.32 Å². The molecule has 0 atom stereocenters. The van der Waals surface area contributed by atoms with Crippen LogP contribution >= 0.6 is 0 Å². The van der Waals surface area contributed by atoms with Gasteiger partial charge in [-0.3, -0.25) is 4.79 Å². The van der Waals surface area contributed by atoms with Crippen LogP contribution in [0.1, 0.15) is 50.5 Å². The number of amides is 1. The second-order valence-corrected chi connectivity index (χ2v) is 5.38. The van der Waals surface area contributed by atoms with Crippen LogP contribution in [0.15, 0.2) is 18.2 Å². The van der Waals surface area contributed by atoms with Crippen LogP contribution in [-0.2, 0) is 4.79 Å². The first-order valence-corrected chi connectivity index (χ1v) is 7.19. The van der Waals surface area contributed by atoms with E-state index in [1.807, 2.05) is 0 Å². The molecule has 1 amide bonds. The summed E-state index contributed by atoms with van der Waals surface area (Å²) >= 11 is 0. The Balaban J connectivity index is 1.98. The number of benzene rings is 1. The number of carbonyl (C=O) groups excluding carboxylic acids is 1. The van der Waals surface area contributed by atoms with Crippen LogP contribution in [0.3, 0.4) is 0 Å². The Morgan fingerprint density at radius 3 is 2.65 bits per heavy atom. The van der Waals surface area contributed by atoms with Gasteiger partial charge in [-0.25, -0.2) is 4.39 Å². The van der Waals surface area contributed by atoms with Crippen molar-refractivity contribution in [2.24, 2.45) is 5.92 Å². The molecule has 0 spiro atoms. The molecule has 0 bridgehead atoms. The van der Waals surface area contributed by atoms with Gasteiger partial charge in [-0.1, -0.05) is 31.7 Å². The average Bonchev–Trinajstić information content (AvgIpc) is 2.67. The highest BCUT2D eigenvalue weighted by Crippen LogP contribution is 2.26. The fourth-order valence-corrected chi connectivity index (χ4v) is 2.77. The summed E-state index contributed by atoms with van der Waals surface area (Å²) in [5, 5.41) is 11.6. The molecule has 1 saturated carbocycles. The second kappa shape index (κ2) is 7.04. The molecule has 0 saturated heterocycles. The van der Waals surface area contributed by atoms with Crippen LogP contribution in [0.4, 0.5) is 10.1 Å². The summed E-state index contributed by atoms with van der Waals surface area (Å²) in [7, 11) is 0. The molecule has 4 heteroatoms. The first kappa shape index (κ1) is 14.5. The number of rotatable bonds is 3. The molecule has 1 aliphatic carbocycles. The molecule has 0 unspecified atom stereocenters. The average molecular weight is 274 g/mol. The molecule has 0 radical (unpaired) electrons. The summed E-state index contributed by atoms with van der Waals surface area (Å²) in [5.41, 5.74) is 0.174. The van der Waals surface area contributed by atoms with E-state index in [2.05, 4.69) is 5.32 Å². The van der Waals surface area contributed by atoms with Crippen molar-refractivity contribution in [3.8, 4) is 6.07 Å². The molecule has 0 aliphatic heterocycles. The number of hydrogen-bond donors (Lipinski definition) is 1. The highest BCUT2D eigenvalue weighted by atomic mass is 19.1. The normalized spacial score (nSPS) is 16.2. The lowest BCUT2D eigenvalue weighted by molar-refractivity contribution is -0.117. The minimum absolute atomic E-state index is 0.0956. The van der Waals surface area contributed by atoms with Gasteiger partial charge in [-0.2, -0.15) is 5.26 Å². The molecule has 0 aromatic heterocycles. The van der Waals surface area contributed by atoms with Crippen molar-refractivity contribution >= 4 is 11.6 Å². The summed E-state index contributed by atoms with van der Waals surface area (Å²) in [6.45, 7) is 0. The van der Waals surface area contributed by atoms with Crippen molar-refractivity contribution in [1.82, 2.24) is 0 Å². The Hall–Kier alpha value is -1.89. The van der Waals surface area contributed by atoms with Gasteiger partial charge >= 0.3 is 0 Å². The minimum Gasteiger partial charge on any atom is -0.325 e. The molecule has 1 aromatic carbocycles. The number of nitriles is 1. The molecule has 3 nitrogen and oxygen atoms in total. The van der Waals surface area contributed by atoms with Crippen molar-refractivity contribution in [3.63, 3.8) is 0 Å². The SMILES string of the molecule is N#Cc1c(F)cccc1NC(=O)CC1CCCCCC1. The molecule has 20 heavy (non-hydrogen) atoms. The van der Waals surface area contributed by atoms with E-state index in [1.54, 1.807) is 12.1 Å². The summed E-state index contributed by atoms with van der Waals surface area (Å²) in [6, 6.07) is 6.07. The van der Waals surface area contributed by atoms with Crippen LogP contribution in [0.5, 0.6) is 0 Å². The molecule has 1 aromatic rings. The standard InChI is InChI=1S/C16H19FN2O/c17-14-8-5-9-15(13(14)11-18)19-16(20)10-12-6-3-1-2-4-7-12/h5,8-9,12H,1-4,6-7,10H2,(H,19,20). The van der Waals surface area contributed by atoms with Crippen LogP contribution in [0, 0.1) is 23.1 Å². The van der Waals surface area contributed by atoms with Crippen molar-refractivity contribution in [3.05, 3.63) is 29.6 Å². The quantitative estimate of drug-likeness (QED) is 0.847. The van der Waals surface area contributed by atoms with Crippen LogP contribution in [0.25, 0.3) is 0 Å². The lowest BCUT2D eigenvalue weighted by Crippen LogP contribution is -2.17. The molecule has 1 N–H and O–H groups in total. The van der Waals surface area contributed by atoms with Crippen LogP contribution in [0.2, 0.25) is 0 Å². The van der Waals surface area contributed by atoms with Gasteiger partial charge in [0.15, 0.2) is 0 Å². The van der Waals surface area contributed by atoms with Crippen molar-refractivity contribution in [2.75, 3.05) is 5.32 Å². The molecule has 106 valence electrons. The zero-order chi connectivity index (χ0) is 14.4. The van der Waals surface area contributed by atoms with E-state index in [0.717, 1.165) is 12.8 Å². The molecule has 2 rings (SSSR count). The molecular weight excluding hydrogens is 255 g/mol. The number of nitrogens with one attached hydrogen (secondary N) is 1. The van der Waals surface area contributed by atoms with E-state index < -0.39 is 5.82 Å². The van der Waals surface area contributed by atoms with E-state index in [4.69, 9.17) is 5.26 Å². The summed E-state index contributed by atoms with van der Waals surface area (Å²) in [4.78, 5) is 12.0. The summed E-state index contributed by atoms with van der Waals surface area (Å²) < 4.78 is 13.4. The predicted octanol–water partition coefficient (Wildman–Crippen LogP) is 4.00. The lowest BCUT2D eigenvalue weighted by atomic mass is 9.96. The van der Waals surface area contributed by atoms with Gasteiger partial charge < -0.3 is 5.32 Å². The van der Waals surface area contributed by atoms with E-state index >= 15 is 0 Å². The smallest absolute Gasteiger partial charge is 0.224 e. The topological polar surface area (TPSA) is 52.9 Å². The summed E-state index contributed by atoms with van der Waals surface area (Å²) in [5.74, 6) is -0.310. The second-order valence-electron chi connectivity index (χ2n) is 5.38. The lowest BCUT2D eigenvalue weighted by Gasteiger charge is -2.14. The van der Waals surface area contributed by atoms with Crippen molar-refractivity contribution in [2.45, 2.75) is 44.9 Å². The fourth-order valence-electron chi connectivity index (χ4n) is 2.77. The monoisotopic (exact) mass is 274 g/mol. The Kier molecular flexibility index (Phi) is 5.11. The van der Waals surface area contributed by atoms with Gasteiger partial charge in [-0.05, 0) is 30.9 Å². The maximum absolute atomic E-state index is 13.4. The zero-order valence-electron chi connectivity index (χ0n) is 11.5. The fraction of sp³-hybridized carbons (Fsp3) is 0.500. The van der Waals surface area contributed by atoms with E-state index in [9.17, 15) is 9.18 Å². The number of anilines is 1. The van der Waals surface area contributed by atoms with E-state index in [0.29, 0.717) is 12.3 Å². The van der Waals surface area contributed by atoms with Crippen molar-refractivity contribution < 1.29 is 9.18 Å². The van der Waals surface area contributed by atoms with Crippen molar-refractivity contribution in [1.29, 1.82) is 5.26 Å². The van der Waals surface area contributed by atoms with Gasteiger partial charge in [-0.15, -0.1) is 0 Å². The Labute approximate surface area is 118 Å². The Bertz CT molecular complexity index is 514. The summed E-state index contributed by atoms with van der Waals surface area (Å²) in [6.07, 6.45) is 7.49. The third-order valence-corrected chi connectivity index (χ3v) is 3.85.